The summed E-state index contributed by atoms with van der Waals surface area (Å²) in [5.74, 6) is 0.625. The number of hydrogen-bond acceptors (Lipinski definition) is 5. The van der Waals surface area contributed by atoms with Gasteiger partial charge in [-0.15, -0.1) is 11.3 Å². The Morgan fingerprint density at radius 2 is 1.43 bits per heavy atom. The molecule has 0 N–H and O–H groups in total. The molecule has 4 nitrogen and oxygen atoms in total. The van der Waals surface area contributed by atoms with Gasteiger partial charge in [-0.25, -0.2) is 9.97 Å². The molecule has 0 amide bonds. The minimum Gasteiger partial charge on any atom is -0.255 e. The van der Waals surface area contributed by atoms with Crippen molar-refractivity contribution >= 4 is 42.5 Å². The van der Waals surface area contributed by atoms with E-state index in [1.54, 1.807) is 17.5 Å². The number of para-hydroxylation sites is 1. The third kappa shape index (κ3) is 3.36. The average molecular weight is 467 g/mol. The van der Waals surface area contributed by atoms with Gasteiger partial charge < -0.3 is 0 Å². The van der Waals surface area contributed by atoms with E-state index in [0.29, 0.717) is 5.82 Å². The van der Waals surface area contributed by atoms with Crippen molar-refractivity contribution in [2.75, 3.05) is 0 Å². The van der Waals surface area contributed by atoms with Crippen molar-refractivity contribution in [3.63, 3.8) is 0 Å². The van der Waals surface area contributed by atoms with Gasteiger partial charge in [0.15, 0.2) is 5.82 Å². The lowest BCUT2D eigenvalue weighted by atomic mass is 9.99. The number of pyridine rings is 2. The van der Waals surface area contributed by atoms with Crippen LogP contribution >= 0.6 is 11.3 Å². The quantitative estimate of drug-likeness (QED) is 0.267. The van der Waals surface area contributed by atoms with Gasteiger partial charge in [0.05, 0.1) is 21.4 Å². The van der Waals surface area contributed by atoms with Crippen molar-refractivity contribution in [2.45, 2.75) is 0 Å². The monoisotopic (exact) mass is 466 g/mol. The Kier molecular flexibility index (Phi) is 4.60. The molecule has 0 bridgehead atoms. The fraction of sp³-hybridized carbons (Fsp3) is 0. The first-order valence-corrected chi connectivity index (χ1v) is 12.2. The van der Waals surface area contributed by atoms with Gasteiger partial charge in [-0.1, -0.05) is 60.7 Å². The van der Waals surface area contributed by atoms with Gasteiger partial charge in [-0.2, -0.15) is 0 Å². The highest BCUT2D eigenvalue weighted by molar-refractivity contribution is 7.26. The van der Waals surface area contributed by atoms with Crippen LogP contribution in [0.3, 0.4) is 0 Å². The first-order chi connectivity index (χ1) is 17.3. The topological polar surface area (TPSA) is 51.6 Å². The second-order valence-electron chi connectivity index (χ2n) is 8.34. The number of aromatic nitrogens is 4. The Morgan fingerprint density at radius 1 is 0.600 bits per heavy atom. The van der Waals surface area contributed by atoms with Crippen molar-refractivity contribution in [3.05, 3.63) is 109 Å². The standard InChI is InChI=1S/C30H18N4S/c1-3-12-24-22(10-1)27(34-30(33-24)25-13-5-6-16-31-25)20-9-7-8-19(18-20)21-15-17-32-28-23-11-2-4-14-26(23)35-29(21)28/h1-18H. The van der Waals surface area contributed by atoms with E-state index in [-0.39, 0.29) is 0 Å². The predicted molar refractivity (Wildman–Crippen MR) is 144 cm³/mol. The summed E-state index contributed by atoms with van der Waals surface area (Å²) in [7, 11) is 0. The minimum atomic E-state index is 0.625. The summed E-state index contributed by atoms with van der Waals surface area (Å²) < 4.78 is 2.45. The molecule has 0 fully saturated rings. The first-order valence-electron chi connectivity index (χ1n) is 11.4. The molecule has 7 aromatic rings. The van der Waals surface area contributed by atoms with Crippen LogP contribution < -0.4 is 0 Å². The number of benzene rings is 3. The predicted octanol–water partition coefficient (Wildman–Crippen LogP) is 7.79. The fourth-order valence-corrected chi connectivity index (χ4v) is 5.77. The number of rotatable bonds is 3. The van der Waals surface area contributed by atoms with Crippen LogP contribution in [0.2, 0.25) is 0 Å². The Morgan fingerprint density at radius 3 is 2.34 bits per heavy atom. The Labute approximate surface area is 205 Å². The van der Waals surface area contributed by atoms with Crippen LogP contribution in [0.1, 0.15) is 0 Å². The van der Waals surface area contributed by atoms with Crippen LogP contribution in [0.15, 0.2) is 109 Å². The highest BCUT2D eigenvalue weighted by atomic mass is 32.1. The molecule has 7 rings (SSSR count). The maximum atomic E-state index is 4.99. The summed E-state index contributed by atoms with van der Waals surface area (Å²) >= 11 is 1.79. The Bertz CT molecular complexity index is 1860. The molecule has 0 aliphatic heterocycles. The van der Waals surface area contributed by atoms with E-state index in [2.05, 4.69) is 65.6 Å². The van der Waals surface area contributed by atoms with Crippen molar-refractivity contribution in [1.29, 1.82) is 0 Å². The van der Waals surface area contributed by atoms with E-state index in [4.69, 9.17) is 15.0 Å². The molecular formula is C30H18N4S. The first kappa shape index (κ1) is 19.9. The average Bonchev–Trinajstić information content (AvgIpc) is 3.32. The van der Waals surface area contributed by atoms with Crippen LogP contribution in [0.25, 0.3) is 65.1 Å². The van der Waals surface area contributed by atoms with Crippen LogP contribution in [0, 0.1) is 0 Å². The van der Waals surface area contributed by atoms with E-state index in [1.807, 2.05) is 42.6 Å². The summed E-state index contributed by atoms with van der Waals surface area (Å²) in [4.78, 5) is 19.0. The molecule has 0 saturated carbocycles. The molecule has 164 valence electrons. The van der Waals surface area contributed by atoms with Crippen molar-refractivity contribution in [2.24, 2.45) is 0 Å². The molecule has 0 radical (unpaired) electrons. The van der Waals surface area contributed by atoms with E-state index >= 15 is 0 Å². The van der Waals surface area contributed by atoms with E-state index in [9.17, 15) is 0 Å². The molecule has 0 saturated heterocycles. The molecular weight excluding hydrogens is 448 g/mol. The van der Waals surface area contributed by atoms with Gasteiger partial charge in [0.1, 0.15) is 5.69 Å². The SMILES string of the molecule is c1ccc(-c2nc(-c3cccc(-c4ccnc5c4sc4ccccc45)c3)c3ccccc3n2)nc1. The van der Waals surface area contributed by atoms with Crippen molar-refractivity contribution < 1.29 is 0 Å². The van der Waals surface area contributed by atoms with E-state index in [0.717, 1.165) is 38.9 Å². The van der Waals surface area contributed by atoms with Gasteiger partial charge >= 0.3 is 0 Å². The molecule has 4 aromatic heterocycles. The third-order valence-electron chi connectivity index (χ3n) is 6.20. The summed E-state index contributed by atoms with van der Waals surface area (Å²) in [5, 5.41) is 2.22. The number of hydrogen-bond donors (Lipinski definition) is 0. The fourth-order valence-electron chi connectivity index (χ4n) is 4.57. The number of nitrogens with zero attached hydrogens (tertiary/aromatic N) is 4. The highest BCUT2D eigenvalue weighted by Gasteiger charge is 2.15. The Hall–Kier alpha value is -4.48. The molecule has 4 heterocycles. The zero-order valence-corrected chi connectivity index (χ0v) is 19.4. The van der Waals surface area contributed by atoms with Gasteiger partial charge in [-0.05, 0) is 42.0 Å². The number of fused-ring (bicyclic) bond motifs is 4. The van der Waals surface area contributed by atoms with Crippen LogP contribution in [0.4, 0.5) is 0 Å². The largest absolute Gasteiger partial charge is 0.255 e. The smallest absolute Gasteiger partial charge is 0.179 e. The van der Waals surface area contributed by atoms with Crippen molar-refractivity contribution in [3.8, 4) is 33.9 Å². The maximum absolute atomic E-state index is 4.99. The molecule has 0 unspecified atom stereocenters. The van der Waals surface area contributed by atoms with Crippen LogP contribution in [0.5, 0.6) is 0 Å². The molecule has 0 spiro atoms. The highest BCUT2D eigenvalue weighted by Crippen LogP contribution is 2.39. The molecule has 3 aromatic carbocycles. The zero-order valence-electron chi connectivity index (χ0n) is 18.6. The lowest BCUT2D eigenvalue weighted by molar-refractivity contribution is 1.18. The van der Waals surface area contributed by atoms with Gasteiger partial charge in [0.25, 0.3) is 0 Å². The van der Waals surface area contributed by atoms with Crippen LogP contribution in [-0.2, 0) is 0 Å². The number of thiophene rings is 1. The van der Waals surface area contributed by atoms with Gasteiger partial charge in [0, 0.05) is 39.0 Å². The van der Waals surface area contributed by atoms with Crippen molar-refractivity contribution in [1.82, 2.24) is 19.9 Å². The molecule has 0 aliphatic carbocycles. The van der Waals surface area contributed by atoms with Gasteiger partial charge in [0.2, 0.25) is 0 Å². The minimum absolute atomic E-state index is 0.625. The molecule has 35 heavy (non-hydrogen) atoms. The molecule has 0 aliphatic rings. The van der Waals surface area contributed by atoms with Crippen LogP contribution in [-0.4, -0.2) is 19.9 Å². The zero-order chi connectivity index (χ0) is 23.2. The summed E-state index contributed by atoms with van der Waals surface area (Å²) in [6, 6.07) is 33.1. The lowest BCUT2D eigenvalue weighted by Gasteiger charge is -2.11. The Balaban J connectivity index is 1.44. The molecule has 0 atom stereocenters. The summed E-state index contributed by atoms with van der Waals surface area (Å²) in [6.45, 7) is 0. The van der Waals surface area contributed by atoms with E-state index in [1.165, 1.54) is 20.3 Å². The lowest BCUT2D eigenvalue weighted by Crippen LogP contribution is -1.96. The summed E-state index contributed by atoms with van der Waals surface area (Å²) in [6.07, 6.45) is 3.68. The normalized spacial score (nSPS) is 11.4. The van der Waals surface area contributed by atoms with E-state index < -0.39 is 0 Å². The summed E-state index contributed by atoms with van der Waals surface area (Å²) in [5.41, 5.74) is 6.99. The second kappa shape index (κ2) is 8.08. The second-order valence-corrected chi connectivity index (χ2v) is 9.40. The van der Waals surface area contributed by atoms with Gasteiger partial charge in [-0.3, -0.25) is 9.97 Å². The third-order valence-corrected chi connectivity index (χ3v) is 7.40. The molecule has 5 heteroatoms. The maximum Gasteiger partial charge on any atom is 0.179 e.